The fourth-order valence-corrected chi connectivity index (χ4v) is 5.52. The molecule has 2 N–H and O–H groups in total. The standard InChI is InChI=1S/2C20H38O2/c2*1-2-3-4-5-6-7-8-9-10-11-12-13-14-15-16-17-18-19-20(21)22/h18-19H,2-17H2,1H3,(H,21,22);11-12H,2-10,13-19H2,1H3,(H,21,22)/b;12-11-. The molecule has 0 unspecified atom stereocenters. The highest BCUT2D eigenvalue weighted by Crippen LogP contribution is 2.14. The van der Waals surface area contributed by atoms with Crippen LogP contribution in [0, 0.1) is 0 Å². The van der Waals surface area contributed by atoms with Crippen molar-refractivity contribution in [2.24, 2.45) is 0 Å². The zero-order valence-electron chi connectivity index (χ0n) is 29.6. The maximum Gasteiger partial charge on any atom is 0.327 e. The molecule has 0 rings (SSSR count). The molecule has 0 atom stereocenters. The molecule has 0 aliphatic carbocycles. The fraction of sp³-hybridized carbons (Fsp3) is 0.850. The molecule has 0 aromatic rings. The number of hydrogen-bond donors (Lipinski definition) is 2. The van der Waals surface area contributed by atoms with Crippen molar-refractivity contribution in [2.75, 3.05) is 0 Å². The van der Waals surface area contributed by atoms with E-state index in [1.165, 1.54) is 179 Å². The number of aliphatic carboxylic acids is 2. The predicted molar refractivity (Wildman–Crippen MR) is 193 cm³/mol. The van der Waals surface area contributed by atoms with Gasteiger partial charge in [0, 0.05) is 12.5 Å². The lowest BCUT2D eigenvalue weighted by Crippen LogP contribution is -1.93. The fourth-order valence-electron chi connectivity index (χ4n) is 5.52. The topological polar surface area (TPSA) is 74.6 Å². The second-order valence-electron chi connectivity index (χ2n) is 12.9. The number of rotatable bonds is 34. The summed E-state index contributed by atoms with van der Waals surface area (Å²) in [6.45, 7) is 4.54. The van der Waals surface area contributed by atoms with Crippen LogP contribution in [0.2, 0.25) is 0 Å². The molecule has 0 spiro atoms. The lowest BCUT2D eigenvalue weighted by Gasteiger charge is -2.03. The number of hydrogen-bond acceptors (Lipinski definition) is 2. The number of carbonyl (C=O) groups is 2. The van der Waals surface area contributed by atoms with Crippen LogP contribution in [-0.4, -0.2) is 22.2 Å². The summed E-state index contributed by atoms with van der Waals surface area (Å²) >= 11 is 0. The van der Waals surface area contributed by atoms with Crippen molar-refractivity contribution in [3.8, 4) is 0 Å². The second kappa shape index (κ2) is 41.4. The van der Waals surface area contributed by atoms with Crippen LogP contribution >= 0.6 is 0 Å². The normalized spacial score (nSPS) is 11.3. The maximum atomic E-state index is 10.4. The third-order valence-corrected chi connectivity index (χ3v) is 8.39. The summed E-state index contributed by atoms with van der Waals surface area (Å²) in [6, 6.07) is 0. The SMILES string of the molecule is CCCCCCCCCC/C=C\CCCCCCCC(=O)O.CCCCCCCCCCCCCCCCCC=CC(=O)O. The van der Waals surface area contributed by atoms with Gasteiger partial charge >= 0.3 is 11.9 Å². The molecule has 0 radical (unpaired) electrons. The largest absolute Gasteiger partial charge is 0.481 e. The van der Waals surface area contributed by atoms with Crippen molar-refractivity contribution in [3.63, 3.8) is 0 Å². The first kappa shape index (κ1) is 44.5. The van der Waals surface area contributed by atoms with Crippen molar-refractivity contribution in [1.82, 2.24) is 0 Å². The van der Waals surface area contributed by atoms with Gasteiger partial charge in [-0.2, -0.15) is 0 Å². The van der Waals surface area contributed by atoms with Gasteiger partial charge in [-0.05, 0) is 44.9 Å². The van der Waals surface area contributed by atoms with Crippen LogP contribution in [-0.2, 0) is 9.59 Å². The van der Waals surface area contributed by atoms with E-state index in [2.05, 4.69) is 26.0 Å². The molecule has 4 nitrogen and oxygen atoms in total. The van der Waals surface area contributed by atoms with E-state index < -0.39 is 11.9 Å². The van der Waals surface area contributed by atoms with Gasteiger partial charge in [-0.1, -0.05) is 186 Å². The summed E-state index contributed by atoms with van der Waals surface area (Å²) < 4.78 is 0. The molecule has 0 aromatic carbocycles. The zero-order valence-corrected chi connectivity index (χ0v) is 29.6. The highest BCUT2D eigenvalue weighted by molar-refractivity contribution is 5.79. The van der Waals surface area contributed by atoms with Gasteiger partial charge in [0.05, 0.1) is 0 Å². The zero-order chi connectivity index (χ0) is 32.6. The third-order valence-electron chi connectivity index (χ3n) is 8.39. The summed E-state index contributed by atoms with van der Waals surface area (Å²) in [5.74, 6) is -1.50. The number of carboxylic acids is 2. The molecule has 0 heterocycles. The maximum absolute atomic E-state index is 10.4. The Labute approximate surface area is 275 Å². The number of carboxylic acid groups (broad SMARTS) is 2. The Morgan fingerprint density at radius 3 is 0.955 bits per heavy atom. The van der Waals surface area contributed by atoms with Crippen LogP contribution in [0.15, 0.2) is 24.3 Å². The minimum atomic E-state index is -0.832. The average molecular weight is 621 g/mol. The first-order valence-corrected chi connectivity index (χ1v) is 19.3. The summed E-state index contributed by atoms with van der Waals surface area (Å²) in [5, 5.41) is 17.0. The van der Waals surface area contributed by atoms with E-state index in [9.17, 15) is 9.59 Å². The summed E-state index contributed by atoms with van der Waals surface area (Å²) in [4.78, 5) is 20.6. The van der Waals surface area contributed by atoms with E-state index >= 15 is 0 Å². The van der Waals surface area contributed by atoms with Gasteiger partial charge in [0.15, 0.2) is 0 Å². The van der Waals surface area contributed by atoms with Gasteiger partial charge in [-0.25, -0.2) is 4.79 Å². The monoisotopic (exact) mass is 621 g/mol. The van der Waals surface area contributed by atoms with Crippen LogP contribution in [0.3, 0.4) is 0 Å². The Bertz CT molecular complexity index is 625. The first-order valence-electron chi connectivity index (χ1n) is 19.3. The number of allylic oxidation sites excluding steroid dienone is 3. The van der Waals surface area contributed by atoms with Gasteiger partial charge in [0.25, 0.3) is 0 Å². The Morgan fingerprint density at radius 1 is 0.386 bits per heavy atom. The number of unbranched alkanes of at least 4 members (excludes halogenated alkanes) is 28. The Balaban J connectivity index is 0. The van der Waals surface area contributed by atoms with E-state index in [0.29, 0.717) is 6.42 Å². The van der Waals surface area contributed by atoms with Crippen LogP contribution in [0.1, 0.15) is 219 Å². The van der Waals surface area contributed by atoms with Gasteiger partial charge in [-0.3, -0.25) is 4.79 Å². The molecule has 44 heavy (non-hydrogen) atoms. The smallest absolute Gasteiger partial charge is 0.327 e. The first-order chi connectivity index (χ1) is 21.5. The summed E-state index contributed by atoms with van der Waals surface area (Å²) in [6.07, 6.45) is 48.7. The molecular formula is C40H76O4. The second-order valence-corrected chi connectivity index (χ2v) is 12.9. The molecule has 4 heteroatoms. The molecule has 0 aliphatic rings. The molecule has 260 valence electrons. The summed E-state index contributed by atoms with van der Waals surface area (Å²) in [5.41, 5.74) is 0. The van der Waals surface area contributed by atoms with Crippen molar-refractivity contribution in [3.05, 3.63) is 24.3 Å². The molecule has 0 aliphatic heterocycles. The van der Waals surface area contributed by atoms with Crippen LogP contribution in [0.5, 0.6) is 0 Å². The van der Waals surface area contributed by atoms with Gasteiger partial charge < -0.3 is 10.2 Å². The predicted octanol–water partition coefficient (Wildman–Crippen LogP) is 13.8. The van der Waals surface area contributed by atoms with Gasteiger partial charge in [0.2, 0.25) is 0 Å². The van der Waals surface area contributed by atoms with Gasteiger partial charge in [0.1, 0.15) is 0 Å². The Hall–Kier alpha value is -1.58. The Morgan fingerprint density at radius 2 is 0.659 bits per heavy atom. The minimum Gasteiger partial charge on any atom is -0.481 e. The highest BCUT2D eigenvalue weighted by Gasteiger charge is 1.97. The quantitative estimate of drug-likeness (QED) is 0.0426. The molecule has 0 fully saturated rings. The van der Waals surface area contributed by atoms with E-state index in [1.807, 2.05) is 0 Å². The van der Waals surface area contributed by atoms with E-state index in [1.54, 1.807) is 6.08 Å². The van der Waals surface area contributed by atoms with Crippen molar-refractivity contribution in [2.45, 2.75) is 219 Å². The van der Waals surface area contributed by atoms with Gasteiger partial charge in [-0.15, -0.1) is 0 Å². The highest BCUT2D eigenvalue weighted by atomic mass is 16.4. The molecule has 0 saturated heterocycles. The third kappa shape index (κ3) is 47.4. The van der Waals surface area contributed by atoms with E-state index in [4.69, 9.17) is 10.2 Å². The minimum absolute atomic E-state index is 0.332. The lowest BCUT2D eigenvalue weighted by atomic mass is 10.0. The molecule has 0 saturated carbocycles. The van der Waals surface area contributed by atoms with Crippen molar-refractivity contribution < 1.29 is 19.8 Å². The van der Waals surface area contributed by atoms with Crippen LogP contribution in [0.4, 0.5) is 0 Å². The lowest BCUT2D eigenvalue weighted by molar-refractivity contribution is -0.137. The van der Waals surface area contributed by atoms with Crippen LogP contribution < -0.4 is 0 Å². The molecule has 0 aromatic heterocycles. The van der Waals surface area contributed by atoms with E-state index in [-0.39, 0.29) is 0 Å². The van der Waals surface area contributed by atoms with Crippen molar-refractivity contribution >= 4 is 11.9 Å². The molecular weight excluding hydrogens is 544 g/mol. The van der Waals surface area contributed by atoms with Crippen molar-refractivity contribution in [1.29, 1.82) is 0 Å². The molecule has 0 amide bonds. The summed E-state index contributed by atoms with van der Waals surface area (Å²) in [7, 11) is 0. The average Bonchev–Trinajstić information content (AvgIpc) is 3.00. The molecule has 0 bridgehead atoms. The van der Waals surface area contributed by atoms with Crippen LogP contribution in [0.25, 0.3) is 0 Å². The Kier molecular flexibility index (Phi) is 41.9. The van der Waals surface area contributed by atoms with E-state index in [0.717, 1.165) is 25.7 Å².